The van der Waals surface area contributed by atoms with Crippen molar-refractivity contribution >= 4 is 41.8 Å². The molecule has 0 saturated carbocycles. The van der Waals surface area contributed by atoms with Crippen LogP contribution in [-0.2, 0) is 20.0 Å². The molecular formula is C17H18N2O6S2. The number of hydrogen-bond donors (Lipinski definition) is 2. The summed E-state index contributed by atoms with van der Waals surface area (Å²) in [6.45, 7) is 3.76. The van der Waals surface area contributed by atoms with Gasteiger partial charge < -0.3 is 4.42 Å². The molecule has 0 unspecified atom stereocenters. The van der Waals surface area contributed by atoms with Crippen LogP contribution in [-0.4, -0.2) is 29.9 Å². The first-order valence-corrected chi connectivity index (χ1v) is 11.2. The summed E-state index contributed by atoms with van der Waals surface area (Å²) in [5.41, 5.74) is -0.641. The van der Waals surface area contributed by atoms with Crippen molar-refractivity contribution in [2.75, 3.05) is 13.1 Å². The summed E-state index contributed by atoms with van der Waals surface area (Å²) < 4.78 is 58.6. The molecule has 0 spiro atoms. The Morgan fingerprint density at radius 1 is 0.778 bits per heavy atom. The third kappa shape index (κ3) is 3.61. The predicted octanol–water partition coefficient (Wildman–Crippen LogP) is 1.54. The highest BCUT2D eigenvalue weighted by atomic mass is 32.2. The molecule has 27 heavy (non-hydrogen) atoms. The lowest BCUT2D eigenvalue weighted by molar-refractivity contribution is 0.565. The summed E-state index contributed by atoms with van der Waals surface area (Å²) in [4.78, 5) is 12.3. The molecule has 1 heterocycles. The maximum absolute atomic E-state index is 12.4. The fraction of sp³-hybridized carbons (Fsp3) is 0.235. The van der Waals surface area contributed by atoms with E-state index in [1.807, 2.05) is 0 Å². The molecule has 0 aliphatic rings. The second-order valence-corrected chi connectivity index (χ2v) is 9.29. The first-order valence-electron chi connectivity index (χ1n) is 8.19. The minimum absolute atomic E-state index is 0.0225. The van der Waals surface area contributed by atoms with E-state index in [-0.39, 0.29) is 33.8 Å². The molecule has 0 radical (unpaired) electrons. The third-order valence-electron chi connectivity index (χ3n) is 3.95. The van der Waals surface area contributed by atoms with Crippen molar-refractivity contribution in [3.63, 3.8) is 0 Å². The monoisotopic (exact) mass is 410 g/mol. The maximum atomic E-state index is 12.4. The molecule has 0 amide bonds. The van der Waals surface area contributed by atoms with Gasteiger partial charge in [-0.2, -0.15) is 0 Å². The van der Waals surface area contributed by atoms with Crippen molar-refractivity contribution in [2.45, 2.75) is 23.6 Å². The summed E-state index contributed by atoms with van der Waals surface area (Å²) in [7, 11) is -7.42. The summed E-state index contributed by atoms with van der Waals surface area (Å²) in [6, 6.07) is 8.37. The topological polar surface area (TPSA) is 123 Å². The standard InChI is InChI=1S/C17H18N2O6S2/c1-3-18-26(21,22)11-5-7-13-14-8-6-12(27(23,24)19-4-2)10-16(14)25-17(20)15(13)9-11/h5-10,18-19H,3-4H2,1-2H3. The summed E-state index contributed by atoms with van der Waals surface area (Å²) in [5, 5.41) is 1.08. The molecule has 0 aliphatic carbocycles. The normalized spacial score (nSPS) is 12.7. The number of benzene rings is 2. The Morgan fingerprint density at radius 3 is 1.85 bits per heavy atom. The molecule has 3 aromatic rings. The van der Waals surface area contributed by atoms with Crippen LogP contribution < -0.4 is 15.1 Å². The van der Waals surface area contributed by atoms with Gasteiger partial charge in [-0.15, -0.1) is 0 Å². The molecule has 0 saturated heterocycles. The zero-order valence-electron chi connectivity index (χ0n) is 14.6. The summed E-state index contributed by atoms with van der Waals surface area (Å²) >= 11 is 0. The van der Waals surface area contributed by atoms with Crippen LogP contribution in [0.5, 0.6) is 0 Å². The number of nitrogens with one attached hydrogen (secondary N) is 2. The molecule has 1 aromatic heterocycles. The van der Waals surface area contributed by atoms with E-state index in [1.165, 1.54) is 36.4 Å². The molecular weight excluding hydrogens is 392 g/mol. The second kappa shape index (κ2) is 7.04. The highest BCUT2D eigenvalue weighted by Crippen LogP contribution is 2.27. The van der Waals surface area contributed by atoms with Gasteiger partial charge in [-0.05, 0) is 24.3 Å². The van der Waals surface area contributed by atoms with Crippen molar-refractivity contribution in [1.82, 2.24) is 9.44 Å². The van der Waals surface area contributed by atoms with E-state index < -0.39 is 25.7 Å². The molecule has 0 fully saturated rings. The van der Waals surface area contributed by atoms with Crippen LogP contribution in [0.25, 0.3) is 21.7 Å². The molecule has 144 valence electrons. The zero-order valence-corrected chi connectivity index (χ0v) is 16.3. The Kier molecular flexibility index (Phi) is 5.08. The highest BCUT2D eigenvalue weighted by Gasteiger charge is 2.18. The molecule has 0 bridgehead atoms. The van der Waals surface area contributed by atoms with Gasteiger partial charge >= 0.3 is 5.63 Å². The number of sulfonamides is 2. The van der Waals surface area contributed by atoms with Crippen LogP contribution in [0.2, 0.25) is 0 Å². The average Bonchev–Trinajstić information content (AvgIpc) is 2.61. The number of hydrogen-bond acceptors (Lipinski definition) is 6. The minimum Gasteiger partial charge on any atom is -0.422 e. The Hall–Kier alpha value is -2.27. The highest BCUT2D eigenvalue weighted by molar-refractivity contribution is 7.89. The van der Waals surface area contributed by atoms with Crippen LogP contribution in [0.4, 0.5) is 0 Å². The van der Waals surface area contributed by atoms with Gasteiger partial charge in [-0.1, -0.05) is 19.9 Å². The SMILES string of the molecule is CCNS(=O)(=O)c1ccc2c(c1)oc(=O)c1cc(S(=O)(=O)NCC)ccc12. The van der Waals surface area contributed by atoms with E-state index in [1.54, 1.807) is 13.8 Å². The Morgan fingerprint density at radius 2 is 1.30 bits per heavy atom. The minimum atomic E-state index is -3.72. The summed E-state index contributed by atoms with van der Waals surface area (Å²) in [6.07, 6.45) is 0. The molecule has 0 atom stereocenters. The second-order valence-electron chi connectivity index (χ2n) is 5.76. The van der Waals surface area contributed by atoms with Crippen molar-refractivity contribution in [3.8, 4) is 0 Å². The van der Waals surface area contributed by atoms with E-state index in [0.29, 0.717) is 10.8 Å². The molecule has 0 aliphatic heterocycles. The van der Waals surface area contributed by atoms with Crippen LogP contribution in [0.15, 0.2) is 55.4 Å². The lowest BCUT2D eigenvalue weighted by atomic mass is 10.1. The molecule has 3 rings (SSSR count). The molecule has 2 N–H and O–H groups in total. The van der Waals surface area contributed by atoms with Gasteiger partial charge in [-0.3, -0.25) is 0 Å². The van der Waals surface area contributed by atoms with E-state index in [0.717, 1.165) is 0 Å². The first kappa shape index (κ1) is 19.5. The van der Waals surface area contributed by atoms with Crippen molar-refractivity contribution in [3.05, 3.63) is 46.8 Å². The van der Waals surface area contributed by atoms with Crippen LogP contribution in [0.3, 0.4) is 0 Å². The van der Waals surface area contributed by atoms with Gasteiger partial charge in [0.1, 0.15) is 5.58 Å². The number of fused-ring (bicyclic) bond motifs is 3. The zero-order chi connectivity index (χ0) is 19.8. The van der Waals surface area contributed by atoms with Crippen molar-refractivity contribution in [1.29, 1.82) is 0 Å². The lowest BCUT2D eigenvalue weighted by Crippen LogP contribution is -2.23. The van der Waals surface area contributed by atoms with E-state index >= 15 is 0 Å². The fourth-order valence-corrected chi connectivity index (χ4v) is 4.90. The Labute approximate surface area is 156 Å². The quantitative estimate of drug-likeness (QED) is 0.469. The molecule has 2 aromatic carbocycles. The molecule has 10 heteroatoms. The van der Waals surface area contributed by atoms with Gasteiger partial charge in [0, 0.05) is 29.9 Å². The Balaban J connectivity index is 2.25. The maximum Gasteiger partial charge on any atom is 0.344 e. The van der Waals surface area contributed by atoms with Crippen LogP contribution in [0, 0.1) is 0 Å². The van der Waals surface area contributed by atoms with Gasteiger partial charge in [0.25, 0.3) is 0 Å². The summed E-state index contributed by atoms with van der Waals surface area (Å²) in [5.74, 6) is 0. The number of rotatable bonds is 6. The van der Waals surface area contributed by atoms with Gasteiger partial charge in [0.05, 0.1) is 15.2 Å². The lowest BCUT2D eigenvalue weighted by Gasteiger charge is -2.09. The predicted molar refractivity (Wildman–Crippen MR) is 102 cm³/mol. The van der Waals surface area contributed by atoms with Gasteiger partial charge in [0.2, 0.25) is 20.0 Å². The van der Waals surface area contributed by atoms with Crippen molar-refractivity contribution in [2.24, 2.45) is 0 Å². The van der Waals surface area contributed by atoms with Crippen LogP contribution in [0.1, 0.15) is 13.8 Å². The van der Waals surface area contributed by atoms with Crippen LogP contribution >= 0.6 is 0 Å². The average molecular weight is 410 g/mol. The third-order valence-corrected chi connectivity index (χ3v) is 7.03. The smallest absolute Gasteiger partial charge is 0.344 e. The first-order chi connectivity index (χ1) is 12.7. The fourth-order valence-electron chi connectivity index (χ4n) is 2.77. The van der Waals surface area contributed by atoms with E-state index in [4.69, 9.17) is 4.42 Å². The van der Waals surface area contributed by atoms with E-state index in [9.17, 15) is 21.6 Å². The van der Waals surface area contributed by atoms with E-state index in [2.05, 4.69) is 9.44 Å². The molecule has 8 nitrogen and oxygen atoms in total. The largest absolute Gasteiger partial charge is 0.422 e. The Bertz CT molecular complexity index is 1290. The van der Waals surface area contributed by atoms with Crippen molar-refractivity contribution < 1.29 is 21.3 Å². The van der Waals surface area contributed by atoms with Gasteiger partial charge in [-0.25, -0.2) is 31.1 Å². The van der Waals surface area contributed by atoms with Gasteiger partial charge in [0.15, 0.2) is 0 Å².